The van der Waals surface area contributed by atoms with Gasteiger partial charge < -0.3 is 14.4 Å². The molecule has 0 bridgehead atoms. The molecule has 2 unspecified atom stereocenters. The molecule has 2 atom stereocenters. The number of hydrogen-bond acceptors (Lipinski definition) is 7. The maximum atomic E-state index is 12.6. The van der Waals surface area contributed by atoms with Crippen molar-refractivity contribution in [3.05, 3.63) is 10.6 Å². The summed E-state index contributed by atoms with van der Waals surface area (Å²) in [6.45, 7) is 7.15. The van der Waals surface area contributed by atoms with Gasteiger partial charge in [-0.1, -0.05) is 11.3 Å². The van der Waals surface area contributed by atoms with Gasteiger partial charge in [-0.2, -0.15) is 0 Å². The van der Waals surface area contributed by atoms with Crippen LogP contribution >= 0.6 is 11.3 Å². The molecule has 1 saturated heterocycles. The van der Waals surface area contributed by atoms with Crippen molar-refractivity contribution in [2.24, 2.45) is 0 Å². The number of methoxy groups -OCH3 is 1. The van der Waals surface area contributed by atoms with Crippen LogP contribution in [0, 0.1) is 0 Å². The van der Waals surface area contributed by atoms with E-state index >= 15 is 0 Å². The summed E-state index contributed by atoms with van der Waals surface area (Å²) in [5, 5.41) is 3.15. The van der Waals surface area contributed by atoms with Gasteiger partial charge in [-0.25, -0.2) is 9.78 Å². The Hall–Kier alpha value is -1.71. The molecular weight excluding hydrogens is 344 g/mol. The first kappa shape index (κ1) is 18.1. The van der Waals surface area contributed by atoms with Gasteiger partial charge in [0.1, 0.15) is 0 Å². The van der Waals surface area contributed by atoms with Crippen LogP contribution in [0.4, 0.5) is 9.93 Å². The zero-order chi connectivity index (χ0) is 18.0. The fraction of sp³-hybridized carbons (Fsp3) is 0.688. The molecule has 3 heterocycles. The van der Waals surface area contributed by atoms with Crippen LogP contribution in [-0.4, -0.2) is 72.3 Å². The van der Waals surface area contributed by atoms with E-state index in [1.807, 2.05) is 18.7 Å². The topological polar surface area (TPSA) is 84.0 Å². The predicted molar refractivity (Wildman–Crippen MR) is 93.7 cm³/mol. The second-order valence-corrected chi connectivity index (χ2v) is 7.61. The third-order valence-corrected chi connectivity index (χ3v) is 5.33. The summed E-state index contributed by atoms with van der Waals surface area (Å²) >= 11 is 1.44. The lowest BCUT2D eigenvalue weighted by Crippen LogP contribution is -2.51. The van der Waals surface area contributed by atoms with Crippen molar-refractivity contribution in [1.29, 1.82) is 0 Å². The Bertz CT molecular complexity index is 640. The third-order valence-electron chi connectivity index (χ3n) is 4.34. The molecule has 25 heavy (non-hydrogen) atoms. The minimum atomic E-state index is -0.520. The largest absolute Gasteiger partial charge is 0.453 e. The fourth-order valence-electron chi connectivity index (χ4n) is 3.25. The van der Waals surface area contributed by atoms with Gasteiger partial charge in [-0.3, -0.25) is 15.0 Å². The van der Waals surface area contributed by atoms with E-state index in [1.165, 1.54) is 18.4 Å². The molecule has 9 heteroatoms. The summed E-state index contributed by atoms with van der Waals surface area (Å²) in [5.41, 5.74) is 0.994. The lowest BCUT2D eigenvalue weighted by molar-refractivity contribution is -0.144. The molecule has 1 N–H and O–H groups in total. The lowest BCUT2D eigenvalue weighted by atomic mass is 10.1. The van der Waals surface area contributed by atoms with Crippen LogP contribution in [-0.2, 0) is 27.2 Å². The molecule has 0 aromatic carbocycles. The number of ether oxygens (including phenoxy) is 2. The van der Waals surface area contributed by atoms with Gasteiger partial charge in [0.2, 0.25) is 5.91 Å². The number of aromatic nitrogens is 1. The number of amides is 2. The standard InChI is InChI=1S/C16H24N4O4S/c1-10-6-20(7-11(2)24-10)14(21)9-19-5-4-12-13(8-19)25-15(17-12)18-16(22)23-3/h10-11H,4-9H2,1-3H3,(H,17,18,22). The van der Waals surface area contributed by atoms with Crippen molar-refractivity contribution in [1.82, 2.24) is 14.8 Å². The molecule has 1 aromatic rings. The molecule has 1 aromatic heterocycles. The Morgan fingerprint density at radius 2 is 2.08 bits per heavy atom. The Labute approximate surface area is 151 Å². The van der Waals surface area contributed by atoms with Crippen LogP contribution in [0.3, 0.4) is 0 Å². The van der Waals surface area contributed by atoms with Crippen molar-refractivity contribution in [2.45, 2.75) is 39.0 Å². The number of carbonyl (C=O) groups excluding carboxylic acids is 2. The van der Waals surface area contributed by atoms with Gasteiger partial charge in [0, 0.05) is 37.5 Å². The second-order valence-electron chi connectivity index (χ2n) is 6.52. The van der Waals surface area contributed by atoms with Gasteiger partial charge in [-0.05, 0) is 13.8 Å². The molecule has 3 rings (SSSR count). The summed E-state index contributed by atoms with van der Waals surface area (Å²) in [4.78, 5) is 33.4. The quantitative estimate of drug-likeness (QED) is 0.866. The van der Waals surface area contributed by atoms with Gasteiger partial charge in [0.15, 0.2) is 5.13 Å². The average Bonchev–Trinajstić information content (AvgIpc) is 2.95. The normalized spacial score (nSPS) is 23.9. The number of nitrogens with one attached hydrogen (secondary N) is 1. The van der Waals surface area contributed by atoms with Crippen LogP contribution in [0.2, 0.25) is 0 Å². The van der Waals surface area contributed by atoms with E-state index in [0.29, 0.717) is 31.3 Å². The predicted octanol–water partition coefficient (Wildman–Crippen LogP) is 1.32. The van der Waals surface area contributed by atoms with Crippen LogP contribution in [0.1, 0.15) is 24.4 Å². The maximum absolute atomic E-state index is 12.6. The summed E-state index contributed by atoms with van der Waals surface area (Å²) < 4.78 is 10.3. The average molecular weight is 368 g/mol. The third kappa shape index (κ3) is 4.47. The van der Waals surface area contributed by atoms with Crippen LogP contribution in [0.5, 0.6) is 0 Å². The zero-order valence-corrected chi connectivity index (χ0v) is 15.6. The fourth-order valence-corrected chi connectivity index (χ4v) is 4.28. The first-order valence-electron chi connectivity index (χ1n) is 8.43. The highest BCUT2D eigenvalue weighted by Crippen LogP contribution is 2.28. The Morgan fingerprint density at radius 1 is 1.36 bits per heavy atom. The molecule has 2 aliphatic rings. The first-order chi connectivity index (χ1) is 11.9. The summed E-state index contributed by atoms with van der Waals surface area (Å²) in [6.07, 6.45) is 0.412. The first-order valence-corrected chi connectivity index (χ1v) is 9.25. The highest BCUT2D eigenvalue weighted by Gasteiger charge is 2.28. The molecule has 0 spiro atoms. The highest BCUT2D eigenvalue weighted by molar-refractivity contribution is 7.15. The SMILES string of the molecule is COC(=O)Nc1nc2c(s1)CN(CC(=O)N1CC(C)OC(C)C1)CC2. The van der Waals surface area contributed by atoms with Crippen LogP contribution in [0.25, 0.3) is 0 Å². The monoisotopic (exact) mass is 368 g/mol. The van der Waals surface area contributed by atoms with E-state index in [9.17, 15) is 9.59 Å². The number of fused-ring (bicyclic) bond motifs is 1. The number of rotatable bonds is 3. The molecule has 138 valence electrons. The summed E-state index contributed by atoms with van der Waals surface area (Å²) in [6, 6.07) is 0. The number of thiazole rings is 1. The number of anilines is 1. The Balaban J connectivity index is 1.57. The zero-order valence-electron chi connectivity index (χ0n) is 14.8. The van der Waals surface area contributed by atoms with Crippen molar-refractivity contribution in [3.63, 3.8) is 0 Å². The minimum absolute atomic E-state index is 0.0779. The Morgan fingerprint density at radius 3 is 2.76 bits per heavy atom. The number of carbonyl (C=O) groups is 2. The van der Waals surface area contributed by atoms with E-state index < -0.39 is 6.09 Å². The van der Waals surface area contributed by atoms with E-state index in [-0.39, 0.29) is 18.1 Å². The van der Waals surface area contributed by atoms with E-state index in [0.717, 1.165) is 23.5 Å². The molecule has 0 aliphatic carbocycles. The Kier molecular flexibility index (Phi) is 5.55. The molecule has 2 aliphatic heterocycles. The van der Waals surface area contributed by atoms with E-state index in [4.69, 9.17) is 4.74 Å². The van der Waals surface area contributed by atoms with Crippen molar-refractivity contribution < 1.29 is 19.1 Å². The smallest absolute Gasteiger partial charge is 0.413 e. The molecule has 2 amide bonds. The van der Waals surface area contributed by atoms with Crippen LogP contribution < -0.4 is 5.32 Å². The molecule has 0 radical (unpaired) electrons. The molecule has 8 nitrogen and oxygen atoms in total. The highest BCUT2D eigenvalue weighted by atomic mass is 32.1. The van der Waals surface area contributed by atoms with Crippen LogP contribution in [0.15, 0.2) is 0 Å². The van der Waals surface area contributed by atoms with E-state index in [2.05, 4.69) is 19.9 Å². The molecular formula is C16H24N4O4S. The van der Waals surface area contributed by atoms with Crippen molar-refractivity contribution in [2.75, 3.05) is 38.6 Å². The maximum Gasteiger partial charge on any atom is 0.413 e. The van der Waals surface area contributed by atoms with Crippen molar-refractivity contribution in [3.8, 4) is 0 Å². The molecule has 0 saturated carbocycles. The number of hydrogen-bond donors (Lipinski definition) is 1. The minimum Gasteiger partial charge on any atom is -0.453 e. The molecule has 1 fully saturated rings. The summed E-state index contributed by atoms with van der Waals surface area (Å²) in [5.74, 6) is 0.142. The van der Waals surface area contributed by atoms with E-state index in [1.54, 1.807) is 0 Å². The van der Waals surface area contributed by atoms with Gasteiger partial charge in [0.05, 0.1) is 31.6 Å². The summed E-state index contributed by atoms with van der Waals surface area (Å²) in [7, 11) is 1.32. The number of nitrogens with zero attached hydrogens (tertiary/aromatic N) is 3. The van der Waals surface area contributed by atoms with Gasteiger partial charge in [0.25, 0.3) is 0 Å². The van der Waals surface area contributed by atoms with Crippen molar-refractivity contribution >= 4 is 28.5 Å². The van der Waals surface area contributed by atoms with Gasteiger partial charge in [-0.15, -0.1) is 0 Å². The van der Waals surface area contributed by atoms with Gasteiger partial charge >= 0.3 is 6.09 Å². The lowest BCUT2D eigenvalue weighted by Gasteiger charge is -2.36. The number of morpholine rings is 1. The second kappa shape index (κ2) is 7.67.